The molecular weight excluding hydrogens is 198 g/mol. The van der Waals surface area contributed by atoms with Gasteiger partial charge in [0.2, 0.25) is 0 Å². The average Bonchev–Trinajstić information content (AvgIpc) is 2.20. The molecule has 0 radical (unpaired) electrons. The summed E-state index contributed by atoms with van der Waals surface area (Å²) in [6.45, 7) is 13.8. The summed E-state index contributed by atoms with van der Waals surface area (Å²) in [5.74, 6) is 2.36. The van der Waals surface area contributed by atoms with E-state index in [1.807, 2.05) is 0 Å². The minimum atomic E-state index is 0.617. The number of aliphatic imine (C=N–C) groups is 1. The van der Waals surface area contributed by atoms with E-state index < -0.39 is 0 Å². The van der Waals surface area contributed by atoms with E-state index in [9.17, 15) is 0 Å². The molecule has 0 aliphatic carbocycles. The first-order valence-corrected chi connectivity index (χ1v) is 6.58. The first-order chi connectivity index (χ1) is 7.56. The number of rotatable bonds is 7. The van der Waals surface area contributed by atoms with Gasteiger partial charge in [0.1, 0.15) is 0 Å². The standard InChI is InChI=1S/C13H29N3/c1-6-14-13(16-10-12(4)5)15-9-7-8-11(2)3/h11-12H,6-10H2,1-5H3,(H2,14,15,16). The van der Waals surface area contributed by atoms with E-state index in [2.05, 4.69) is 50.2 Å². The second-order valence-corrected chi connectivity index (χ2v) is 5.08. The Balaban J connectivity index is 3.80. The summed E-state index contributed by atoms with van der Waals surface area (Å²) >= 11 is 0. The zero-order valence-corrected chi connectivity index (χ0v) is 11.6. The van der Waals surface area contributed by atoms with Crippen LogP contribution in [0.25, 0.3) is 0 Å². The van der Waals surface area contributed by atoms with Crippen LogP contribution in [0.1, 0.15) is 47.5 Å². The van der Waals surface area contributed by atoms with E-state index in [4.69, 9.17) is 0 Å². The van der Waals surface area contributed by atoms with Gasteiger partial charge < -0.3 is 10.6 Å². The fraction of sp³-hybridized carbons (Fsp3) is 0.923. The molecule has 3 heteroatoms. The van der Waals surface area contributed by atoms with Crippen LogP contribution in [0, 0.1) is 11.8 Å². The highest BCUT2D eigenvalue weighted by Gasteiger charge is 1.98. The predicted molar refractivity (Wildman–Crippen MR) is 72.9 cm³/mol. The molecule has 0 saturated heterocycles. The molecule has 0 aromatic carbocycles. The Kier molecular flexibility index (Phi) is 9.06. The van der Waals surface area contributed by atoms with Gasteiger partial charge in [0, 0.05) is 19.6 Å². The molecule has 0 aromatic heterocycles. The molecule has 16 heavy (non-hydrogen) atoms. The Morgan fingerprint density at radius 1 is 1.06 bits per heavy atom. The maximum absolute atomic E-state index is 4.52. The highest BCUT2D eigenvalue weighted by atomic mass is 15.2. The molecule has 0 unspecified atom stereocenters. The molecule has 0 aliphatic heterocycles. The zero-order valence-electron chi connectivity index (χ0n) is 11.6. The van der Waals surface area contributed by atoms with Crippen LogP contribution in [0.3, 0.4) is 0 Å². The van der Waals surface area contributed by atoms with Gasteiger partial charge in [0.25, 0.3) is 0 Å². The molecule has 0 saturated carbocycles. The van der Waals surface area contributed by atoms with Gasteiger partial charge in [-0.15, -0.1) is 0 Å². The SMILES string of the molecule is CCNC(=NCC(C)C)NCCCC(C)C. The smallest absolute Gasteiger partial charge is 0.191 e. The molecule has 96 valence electrons. The summed E-state index contributed by atoms with van der Waals surface area (Å²) in [4.78, 5) is 4.52. The van der Waals surface area contributed by atoms with Gasteiger partial charge in [-0.2, -0.15) is 0 Å². The van der Waals surface area contributed by atoms with Gasteiger partial charge in [-0.25, -0.2) is 0 Å². The van der Waals surface area contributed by atoms with Crippen LogP contribution in [0.4, 0.5) is 0 Å². The Bertz CT molecular complexity index is 186. The van der Waals surface area contributed by atoms with Gasteiger partial charge in [-0.05, 0) is 31.6 Å². The fourth-order valence-electron chi connectivity index (χ4n) is 1.33. The van der Waals surface area contributed by atoms with Gasteiger partial charge in [0.15, 0.2) is 5.96 Å². The monoisotopic (exact) mass is 227 g/mol. The third-order valence-electron chi connectivity index (χ3n) is 2.21. The third-order valence-corrected chi connectivity index (χ3v) is 2.21. The molecule has 2 N–H and O–H groups in total. The predicted octanol–water partition coefficient (Wildman–Crippen LogP) is 2.63. The largest absolute Gasteiger partial charge is 0.357 e. The molecule has 0 aromatic rings. The van der Waals surface area contributed by atoms with Crippen LogP contribution in [-0.4, -0.2) is 25.6 Å². The van der Waals surface area contributed by atoms with Crippen molar-refractivity contribution >= 4 is 5.96 Å². The number of hydrogen-bond donors (Lipinski definition) is 2. The molecule has 0 heterocycles. The summed E-state index contributed by atoms with van der Waals surface area (Å²) in [7, 11) is 0. The summed E-state index contributed by atoms with van der Waals surface area (Å²) in [6.07, 6.45) is 2.49. The molecule has 0 spiro atoms. The Hall–Kier alpha value is -0.730. The van der Waals surface area contributed by atoms with Gasteiger partial charge in [0.05, 0.1) is 0 Å². The molecule has 0 fully saturated rings. The minimum Gasteiger partial charge on any atom is -0.357 e. The van der Waals surface area contributed by atoms with Crippen LogP contribution < -0.4 is 10.6 Å². The van der Waals surface area contributed by atoms with Crippen molar-refractivity contribution in [2.24, 2.45) is 16.8 Å². The second kappa shape index (κ2) is 9.49. The average molecular weight is 227 g/mol. The van der Waals surface area contributed by atoms with Crippen molar-refractivity contribution in [2.45, 2.75) is 47.5 Å². The lowest BCUT2D eigenvalue weighted by Gasteiger charge is -2.12. The fourth-order valence-corrected chi connectivity index (χ4v) is 1.33. The maximum Gasteiger partial charge on any atom is 0.191 e. The van der Waals surface area contributed by atoms with Crippen molar-refractivity contribution in [3.8, 4) is 0 Å². The number of nitrogens with one attached hydrogen (secondary N) is 2. The van der Waals surface area contributed by atoms with E-state index >= 15 is 0 Å². The molecule has 3 nitrogen and oxygen atoms in total. The van der Waals surface area contributed by atoms with Crippen molar-refractivity contribution in [3.05, 3.63) is 0 Å². The minimum absolute atomic E-state index is 0.617. The van der Waals surface area contributed by atoms with Crippen LogP contribution in [-0.2, 0) is 0 Å². The van der Waals surface area contributed by atoms with E-state index in [0.29, 0.717) is 5.92 Å². The summed E-state index contributed by atoms with van der Waals surface area (Å²) in [6, 6.07) is 0. The van der Waals surface area contributed by atoms with Crippen LogP contribution in [0.5, 0.6) is 0 Å². The first-order valence-electron chi connectivity index (χ1n) is 6.58. The highest BCUT2D eigenvalue weighted by Crippen LogP contribution is 2.01. The van der Waals surface area contributed by atoms with Gasteiger partial charge in [-0.1, -0.05) is 27.7 Å². The van der Waals surface area contributed by atoms with Crippen molar-refractivity contribution in [2.75, 3.05) is 19.6 Å². The van der Waals surface area contributed by atoms with Crippen LogP contribution in [0.2, 0.25) is 0 Å². The lowest BCUT2D eigenvalue weighted by Crippen LogP contribution is -2.38. The van der Waals surface area contributed by atoms with Crippen molar-refractivity contribution in [1.82, 2.24) is 10.6 Å². The number of hydrogen-bond acceptors (Lipinski definition) is 1. The van der Waals surface area contributed by atoms with E-state index in [1.54, 1.807) is 0 Å². The number of nitrogens with zero attached hydrogens (tertiary/aromatic N) is 1. The summed E-state index contributed by atoms with van der Waals surface area (Å²) < 4.78 is 0. The highest BCUT2D eigenvalue weighted by molar-refractivity contribution is 5.79. The van der Waals surface area contributed by atoms with Crippen molar-refractivity contribution < 1.29 is 0 Å². The lowest BCUT2D eigenvalue weighted by atomic mass is 10.1. The molecule has 0 aliphatic rings. The van der Waals surface area contributed by atoms with Crippen molar-refractivity contribution in [3.63, 3.8) is 0 Å². The van der Waals surface area contributed by atoms with Crippen LogP contribution >= 0.6 is 0 Å². The second-order valence-electron chi connectivity index (χ2n) is 5.08. The van der Waals surface area contributed by atoms with Gasteiger partial charge in [-0.3, -0.25) is 4.99 Å². The number of guanidine groups is 1. The third kappa shape index (κ3) is 9.81. The molecule has 0 atom stereocenters. The van der Waals surface area contributed by atoms with E-state index in [1.165, 1.54) is 12.8 Å². The lowest BCUT2D eigenvalue weighted by molar-refractivity contribution is 0.548. The topological polar surface area (TPSA) is 36.4 Å². The zero-order chi connectivity index (χ0) is 12.4. The quantitative estimate of drug-likeness (QED) is 0.398. The maximum atomic E-state index is 4.52. The molecular formula is C13H29N3. The molecule has 0 amide bonds. The van der Waals surface area contributed by atoms with Gasteiger partial charge >= 0.3 is 0 Å². The summed E-state index contributed by atoms with van der Waals surface area (Å²) in [5.41, 5.74) is 0. The molecule has 0 bridgehead atoms. The van der Waals surface area contributed by atoms with E-state index in [0.717, 1.165) is 31.5 Å². The Labute approximate surface area is 101 Å². The van der Waals surface area contributed by atoms with Crippen molar-refractivity contribution in [1.29, 1.82) is 0 Å². The normalized spacial score (nSPS) is 12.3. The van der Waals surface area contributed by atoms with Crippen LogP contribution in [0.15, 0.2) is 4.99 Å². The molecule has 0 rings (SSSR count). The van der Waals surface area contributed by atoms with E-state index in [-0.39, 0.29) is 0 Å². The first kappa shape index (κ1) is 15.3. The summed E-state index contributed by atoms with van der Waals surface area (Å²) in [5, 5.41) is 6.64. The Morgan fingerprint density at radius 3 is 2.25 bits per heavy atom. The Morgan fingerprint density at radius 2 is 1.75 bits per heavy atom.